The Morgan fingerprint density at radius 3 is 2.75 bits per heavy atom. The lowest BCUT2D eigenvalue weighted by molar-refractivity contribution is -0.0470. The van der Waals surface area contributed by atoms with Crippen molar-refractivity contribution in [1.82, 2.24) is 4.98 Å². The Balaban J connectivity index is 2.10. The van der Waals surface area contributed by atoms with Gasteiger partial charge in [0.1, 0.15) is 11.3 Å². The molecule has 2 heterocycles. The molecule has 1 aliphatic rings. The first-order valence-corrected chi connectivity index (χ1v) is 5.16. The maximum atomic E-state index is 9.69. The molecule has 4 heteroatoms. The molecule has 1 aliphatic heterocycles. The summed E-state index contributed by atoms with van der Waals surface area (Å²) in [5.74, 6) is 0.178. The molecule has 82 valence electrons. The van der Waals surface area contributed by atoms with E-state index < -0.39 is 6.29 Å². The second-order valence-corrected chi connectivity index (χ2v) is 3.66. The number of aromatic hydroxyl groups is 1. The van der Waals surface area contributed by atoms with Crippen LogP contribution in [0.1, 0.15) is 12.0 Å². The zero-order valence-corrected chi connectivity index (χ0v) is 8.59. The van der Waals surface area contributed by atoms with Gasteiger partial charge in [-0.25, -0.2) is 4.98 Å². The summed E-state index contributed by atoms with van der Waals surface area (Å²) in [7, 11) is 0. The number of aromatic nitrogens is 1. The maximum absolute atomic E-state index is 9.69. The molecule has 1 saturated heterocycles. The summed E-state index contributed by atoms with van der Waals surface area (Å²) in [6, 6.07) is 9.08. The van der Waals surface area contributed by atoms with Crippen molar-refractivity contribution in [2.45, 2.75) is 6.29 Å². The third-order valence-electron chi connectivity index (χ3n) is 2.58. The highest BCUT2D eigenvalue weighted by atomic mass is 16.7. The van der Waals surface area contributed by atoms with E-state index in [9.17, 15) is 5.11 Å². The predicted octanol–water partition coefficient (Wildman–Crippen LogP) is 1.99. The van der Waals surface area contributed by atoms with Crippen molar-refractivity contribution in [1.29, 1.82) is 0 Å². The lowest BCUT2D eigenvalue weighted by Gasteiger charge is -2.09. The van der Waals surface area contributed by atoms with Crippen molar-refractivity contribution in [3.8, 4) is 5.75 Å². The van der Waals surface area contributed by atoms with Crippen LogP contribution >= 0.6 is 0 Å². The quantitative estimate of drug-likeness (QED) is 0.793. The third-order valence-corrected chi connectivity index (χ3v) is 2.58. The van der Waals surface area contributed by atoms with Crippen LogP contribution in [0, 0.1) is 0 Å². The highest BCUT2D eigenvalue weighted by molar-refractivity contribution is 5.84. The first kappa shape index (κ1) is 9.57. The van der Waals surface area contributed by atoms with Crippen LogP contribution in [-0.4, -0.2) is 23.3 Å². The van der Waals surface area contributed by atoms with Crippen LogP contribution in [0.3, 0.4) is 0 Å². The van der Waals surface area contributed by atoms with Gasteiger partial charge in [-0.05, 0) is 12.1 Å². The summed E-state index contributed by atoms with van der Waals surface area (Å²) in [6.45, 7) is 1.18. The Morgan fingerprint density at radius 1 is 1.12 bits per heavy atom. The molecule has 0 aliphatic carbocycles. The van der Waals surface area contributed by atoms with Crippen LogP contribution in [-0.2, 0) is 9.47 Å². The van der Waals surface area contributed by atoms with Crippen LogP contribution in [0.4, 0.5) is 0 Å². The Hall–Kier alpha value is -1.65. The van der Waals surface area contributed by atoms with Crippen molar-refractivity contribution < 1.29 is 14.6 Å². The molecule has 2 aromatic rings. The molecule has 1 N–H and O–H groups in total. The van der Waals surface area contributed by atoms with Gasteiger partial charge in [-0.1, -0.05) is 18.2 Å². The molecule has 1 aromatic heterocycles. The van der Waals surface area contributed by atoms with E-state index in [4.69, 9.17) is 9.47 Å². The number of rotatable bonds is 1. The molecule has 1 fully saturated rings. The van der Waals surface area contributed by atoms with Gasteiger partial charge in [0.25, 0.3) is 0 Å². The third kappa shape index (κ3) is 1.52. The first-order chi connectivity index (χ1) is 7.84. The SMILES string of the molecule is Oc1cccc2ccc(C3OCCO3)nc12. The van der Waals surface area contributed by atoms with Gasteiger partial charge in [0.15, 0.2) is 0 Å². The number of phenolic OH excluding ortho intramolecular Hbond substituents is 1. The summed E-state index contributed by atoms with van der Waals surface area (Å²) in [6.07, 6.45) is -0.399. The molecular formula is C12H11NO3. The molecular weight excluding hydrogens is 206 g/mol. The van der Waals surface area contributed by atoms with Gasteiger partial charge in [-0.15, -0.1) is 0 Å². The number of ether oxygens (including phenoxy) is 2. The molecule has 0 amide bonds. The fourth-order valence-electron chi connectivity index (χ4n) is 1.81. The number of nitrogens with zero attached hydrogens (tertiary/aromatic N) is 1. The largest absolute Gasteiger partial charge is 0.506 e. The van der Waals surface area contributed by atoms with E-state index in [2.05, 4.69) is 4.98 Å². The fourth-order valence-corrected chi connectivity index (χ4v) is 1.81. The smallest absolute Gasteiger partial charge is 0.201 e. The minimum atomic E-state index is -0.399. The van der Waals surface area contributed by atoms with Crippen molar-refractivity contribution >= 4 is 10.9 Å². The van der Waals surface area contributed by atoms with E-state index in [1.807, 2.05) is 18.2 Å². The number of hydrogen-bond donors (Lipinski definition) is 1. The molecule has 3 rings (SSSR count). The number of pyridine rings is 1. The number of phenols is 1. The van der Waals surface area contributed by atoms with Crippen LogP contribution in [0.15, 0.2) is 30.3 Å². The summed E-state index contributed by atoms with van der Waals surface area (Å²) in [4.78, 5) is 4.36. The van der Waals surface area contributed by atoms with Crippen molar-refractivity contribution in [3.05, 3.63) is 36.0 Å². The number of hydrogen-bond acceptors (Lipinski definition) is 4. The Kier molecular flexibility index (Phi) is 2.23. The van der Waals surface area contributed by atoms with Gasteiger partial charge >= 0.3 is 0 Å². The topological polar surface area (TPSA) is 51.6 Å². The molecule has 4 nitrogen and oxygen atoms in total. The minimum Gasteiger partial charge on any atom is -0.506 e. The zero-order chi connectivity index (χ0) is 11.0. The molecule has 0 unspecified atom stereocenters. The summed E-state index contributed by atoms with van der Waals surface area (Å²) < 4.78 is 10.7. The van der Waals surface area contributed by atoms with Gasteiger partial charge in [-0.3, -0.25) is 0 Å². The van der Waals surface area contributed by atoms with Crippen molar-refractivity contribution in [3.63, 3.8) is 0 Å². The second-order valence-electron chi connectivity index (χ2n) is 3.66. The normalized spacial score (nSPS) is 17.0. The minimum absolute atomic E-state index is 0.178. The molecule has 0 radical (unpaired) electrons. The fraction of sp³-hybridized carbons (Fsp3) is 0.250. The van der Waals surface area contributed by atoms with Crippen molar-refractivity contribution in [2.24, 2.45) is 0 Å². The molecule has 0 bridgehead atoms. The van der Waals surface area contributed by atoms with E-state index in [-0.39, 0.29) is 5.75 Å². The van der Waals surface area contributed by atoms with Gasteiger partial charge in [0.2, 0.25) is 6.29 Å². The number of benzene rings is 1. The summed E-state index contributed by atoms with van der Waals surface area (Å²) in [5, 5.41) is 10.6. The van der Waals surface area contributed by atoms with Gasteiger partial charge in [0.05, 0.1) is 18.9 Å². The highest BCUT2D eigenvalue weighted by Gasteiger charge is 2.20. The average Bonchev–Trinajstić information content (AvgIpc) is 2.83. The van der Waals surface area contributed by atoms with E-state index in [0.29, 0.717) is 24.4 Å². The molecule has 0 saturated carbocycles. The maximum Gasteiger partial charge on any atom is 0.201 e. The lowest BCUT2D eigenvalue weighted by Crippen LogP contribution is -2.01. The molecule has 1 aromatic carbocycles. The molecule has 16 heavy (non-hydrogen) atoms. The van der Waals surface area contributed by atoms with Crippen LogP contribution in [0.25, 0.3) is 10.9 Å². The van der Waals surface area contributed by atoms with Gasteiger partial charge in [0, 0.05) is 5.39 Å². The number of para-hydroxylation sites is 1. The predicted molar refractivity (Wildman–Crippen MR) is 58.1 cm³/mol. The Morgan fingerprint density at radius 2 is 1.94 bits per heavy atom. The Labute approximate surface area is 92.4 Å². The van der Waals surface area contributed by atoms with E-state index in [1.165, 1.54) is 0 Å². The van der Waals surface area contributed by atoms with Gasteiger partial charge in [-0.2, -0.15) is 0 Å². The molecule has 0 atom stereocenters. The standard InChI is InChI=1S/C12H11NO3/c14-10-3-1-2-8-4-5-9(13-11(8)10)12-15-6-7-16-12/h1-5,12,14H,6-7H2. The van der Waals surface area contributed by atoms with Crippen molar-refractivity contribution in [2.75, 3.05) is 13.2 Å². The average molecular weight is 217 g/mol. The van der Waals surface area contributed by atoms with Crippen LogP contribution in [0.2, 0.25) is 0 Å². The van der Waals surface area contributed by atoms with Crippen LogP contribution in [0.5, 0.6) is 5.75 Å². The highest BCUT2D eigenvalue weighted by Crippen LogP contribution is 2.27. The van der Waals surface area contributed by atoms with E-state index in [0.717, 1.165) is 5.39 Å². The lowest BCUT2D eigenvalue weighted by atomic mass is 10.2. The first-order valence-electron chi connectivity index (χ1n) is 5.16. The van der Waals surface area contributed by atoms with E-state index >= 15 is 0 Å². The summed E-state index contributed by atoms with van der Waals surface area (Å²) in [5.41, 5.74) is 1.28. The second kappa shape index (κ2) is 3.73. The number of fused-ring (bicyclic) bond motifs is 1. The Bertz CT molecular complexity index is 521. The van der Waals surface area contributed by atoms with Gasteiger partial charge < -0.3 is 14.6 Å². The molecule has 0 spiro atoms. The van der Waals surface area contributed by atoms with Crippen LogP contribution < -0.4 is 0 Å². The summed E-state index contributed by atoms with van der Waals surface area (Å²) >= 11 is 0. The zero-order valence-electron chi connectivity index (χ0n) is 8.59. The van der Waals surface area contributed by atoms with E-state index in [1.54, 1.807) is 12.1 Å². The monoisotopic (exact) mass is 217 g/mol.